The number of anilines is 1. The van der Waals surface area contributed by atoms with Gasteiger partial charge in [-0.3, -0.25) is 9.79 Å². The lowest BCUT2D eigenvalue weighted by Gasteiger charge is -2.11. The molecule has 5 heteroatoms. The Bertz CT molecular complexity index is 634. The monoisotopic (exact) mass is 285 g/mol. The van der Waals surface area contributed by atoms with Crippen LogP contribution in [0.5, 0.6) is 0 Å². The van der Waals surface area contributed by atoms with Crippen LogP contribution in [-0.4, -0.2) is 31.1 Å². The number of hydrogen-bond donors (Lipinski definition) is 0. The van der Waals surface area contributed by atoms with Crippen LogP contribution in [0.1, 0.15) is 16.8 Å². The summed E-state index contributed by atoms with van der Waals surface area (Å²) in [6, 6.07) is 10.3. The molecule has 4 nitrogen and oxygen atoms in total. The third-order valence-corrected chi connectivity index (χ3v) is 2.93. The van der Waals surface area contributed by atoms with Gasteiger partial charge in [-0.05, 0) is 36.4 Å². The van der Waals surface area contributed by atoms with Gasteiger partial charge in [-0.15, -0.1) is 0 Å². The maximum absolute atomic E-state index is 12.7. The van der Waals surface area contributed by atoms with Crippen LogP contribution in [0.3, 0.4) is 0 Å². The number of carbonyl (C=O) groups is 1. The predicted molar refractivity (Wildman–Crippen MR) is 82.1 cm³/mol. The van der Waals surface area contributed by atoms with Crippen molar-refractivity contribution < 1.29 is 9.18 Å². The molecular weight excluding hydrogens is 269 g/mol. The van der Waals surface area contributed by atoms with Crippen molar-refractivity contribution in [2.24, 2.45) is 4.99 Å². The first-order valence-corrected chi connectivity index (χ1v) is 6.51. The minimum atomic E-state index is -0.596. The molecule has 1 heterocycles. The van der Waals surface area contributed by atoms with E-state index in [1.165, 1.54) is 18.3 Å². The number of hydrogen-bond acceptors (Lipinski definition) is 4. The summed E-state index contributed by atoms with van der Waals surface area (Å²) < 4.78 is 12.7. The molecule has 0 unspecified atom stereocenters. The summed E-state index contributed by atoms with van der Waals surface area (Å²) in [5.74, 6) is -0.739. The fourth-order valence-electron chi connectivity index (χ4n) is 1.73. The van der Waals surface area contributed by atoms with Gasteiger partial charge in [0.05, 0.1) is 5.69 Å². The highest BCUT2D eigenvalue weighted by molar-refractivity contribution is 6.03. The Kier molecular flexibility index (Phi) is 4.77. The van der Waals surface area contributed by atoms with Gasteiger partial charge < -0.3 is 4.90 Å². The molecule has 0 aliphatic rings. The fraction of sp³-hybridized carbons (Fsp3) is 0.188. The van der Waals surface area contributed by atoms with Crippen molar-refractivity contribution in [3.05, 3.63) is 54.1 Å². The molecule has 0 amide bonds. The van der Waals surface area contributed by atoms with Crippen molar-refractivity contribution in [3.63, 3.8) is 0 Å². The van der Waals surface area contributed by atoms with Gasteiger partial charge in [0, 0.05) is 44.2 Å². The third-order valence-electron chi connectivity index (χ3n) is 2.93. The molecule has 0 aliphatic carbocycles. The van der Waals surface area contributed by atoms with Crippen LogP contribution in [0.15, 0.2) is 47.6 Å². The summed E-state index contributed by atoms with van der Waals surface area (Å²) in [4.78, 5) is 21.5. The standard InChI is InChI=1S/C16H16FN3O/c1-20(2)14-6-4-13(5-7-14)18-10-9-15(21)12-3-8-16(17)19-11-12/h3-8,10-11H,9H2,1-2H3. The fourth-order valence-corrected chi connectivity index (χ4v) is 1.73. The number of Topliss-reactive ketones (excluding diaryl/α,β-unsaturated/α-hetero) is 1. The maximum atomic E-state index is 12.7. The minimum absolute atomic E-state index is 0.142. The summed E-state index contributed by atoms with van der Waals surface area (Å²) >= 11 is 0. The molecule has 0 atom stereocenters. The largest absolute Gasteiger partial charge is 0.378 e. The second-order valence-electron chi connectivity index (χ2n) is 4.72. The molecule has 108 valence electrons. The Morgan fingerprint density at radius 1 is 1.24 bits per heavy atom. The summed E-state index contributed by atoms with van der Waals surface area (Å²) in [7, 11) is 3.93. The number of pyridine rings is 1. The van der Waals surface area contributed by atoms with Gasteiger partial charge in [-0.25, -0.2) is 4.98 Å². The van der Waals surface area contributed by atoms with Crippen LogP contribution in [0.25, 0.3) is 0 Å². The Morgan fingerprint density at radius 3 is 2.52 bits per heavy atom. The number of halogens is 1. The van der Waals surface area contributed by atoms with Crippen LogP contribution < -0.4 is 4.90 Å². The molecule has 0 fully saturated rings. The van der Waals surface area contributed by atoms with Gasteiger partial charge >= 0.3 is 0 Å². The molecule has 0 saturated heterocycles. The molecule has 0 aliphatic heterocycles. The van der Waals surface area contributed by atoms with E-state index in [-0.39, 0.29) is 12.2 Å². The predicted octanol–water partition coefficient (Wildman–Crippen LogP) is 3.26. The highest BCUT2D eigenvalue weighted by atomic mass is 19.1. The summed E-state index contributed by atoms with van der Waals surface area (Å²) in [5.41, 5.74) is 2.25. The number of rotatable bonds is 5. The second kappa shape index (κ2) is 6.74. The zero-order chi connectivity index (χ0) is 15.2. The van der Waals surface area contributed by atoms with Crippen LogP contribution in [0.4, 0.5) is 15.8 Å². The van der Waals surface area contributed by atoms with Gasteiger partial charge in [-0.1, -0.05) is 0 Å². The molecule has 21 heavy (non-hydrogen) atoms. The number of benzene rings is 1. The summed E-state index contributed by atoms with van der Waals surface area (Å²) in [6.45, 7) is 0. The van der Waals surface area contributed by atoms with E-state index < -0.39 is 5.95 Å². The SMILES string of the molecule is CN(C)c1ccc(N=CCC(=O)c2ccc(F)nc2)cc1. The van der Waals surface area contributed by atoms with Crippen LogP contribution in [0, 0.1) is 5.95 Å². The molecule has 2 aromatic rings. The van der Waals surface area contributed by atoms with Crippen molar-refractivity contribution in [1.82, 2.24) is 4.98 Å². The molecule has 1 aromatic carbocycles. The first kappa shape index (κ1) is 14.8. The van der Waals surface area contributed by atoms with E-state index in [0.29, 0.717) is 5.56 Å². The van der Waals surface area contributed by atoms with Gasteiger partial charge in [-0.2, -0.15) is 4.39 Å². The second-order valence-corrected chi connectivity index (χ2v) is 4.72. The molecule has 0 radical (unpaired) electrons. The smallest absolute Gasteiger partial charge is 0.212 e. The van der Waals surface area contributed by atoms with Crippen LogP contribution >= 0.6 is 0 Å². The maximum Gasteiger partial charge on any atom is 0.212 e. The number of carbonyl (C=O) groups excluding carboxylic acids is 1. The zero-order valence-corrected chi connectivity index (χ0v) is 12.0. The number of nitrogens with zero attached hydrogens (tertiary/aromatic N) is 3. The van der Waals surface area contributed by atoms with E-state index in [2.05, 4.69) is 9.98 Å². The van der Waals surface area contributed by atoms with E-state index in [1.807, 2.05) is 43.3 Å². The van der Waals surface area contributed by atoms with Gasteiger partial charge in [0.2, 0.25) is 5.95 Å². The molecule has 0 saturated carbocycles. The molecule has 0 bridgehead atoms. The van der Waals surface area contributed by atoms with E-state index in [4.69, 9.17) is 0 Å². The average molecular weight is 285 g/mol. The molecule has 0 spiro atoms. The van der Waals surface area contributed by atoms with E-state index >= 15 is 0 Å². The zero-order valence-electron chi connectivity index (χ0n) is 12.0. The van der Waals surface area contributed by atoms with Crippen molar-refractivity contribution in [3.8, 4) is 0 Å². The normalized spacial score (nSPS) is 10.8. The van der Waals surface area contributed by atoms with Gasteiger partial charge in [0.15, 0.2) is 5.78 Å². The topological polar surface area (TPSA) is 45.6 Å². The molecule has 1 aromatic heterocycles. The number of ketones is 1. The Hall–Kier alpha value is -2.56. The minimum Gasteiger partial charge on any atom is -0.378 e. The Labute approximate surface area is 123 Å². The highest BCUT2D eigenvalue weighted by Crippen LogP contribution is 2.17. The third kappa shape index (κ3) is 4.21. The first-order valence-electron chi connectivity index (χ1n) is 6.51. The lowest BCUT2D eigenvalue weighted by molar-refractivity contribution is 0.100. The summed E-state index contributed by atoms with van der Waals surface area (Å²) in [6.07, 6.45) is 2.94. The molecular formula is C16H16FN3O. The lowest BCUT2D eigenvalue weighted by Crippen LogP contribution is -2.07. The van der Waals surface area contributed by atoms with Crippen LogP contribution in [-0.2, 0) is 0 Å². The van der Waals surface area contributed by atoms with Crippen molar-refractivity contribution in [2.75, 3.05) is 19.0 Å². The van der Waals surface area contributed by atoms with Crippen LogP contribution in [0.2, 0.25) is 0 Å². The lowest BCUT2D eigenvalue weighted by atomic mass is 10.1. The van der Waals surface area contributed by atoms with E-state index in [9.17, 15) is 9.18 Å². The number of aromatic nitrogens is 1. The van der Waals surface area contributed by atoms with E-state index in [1.54, 1.807) is 6.21 Å². The average Bonchev–Trinajstić information content (AvgIpc) is 2.48. The van der Waals surface area contributed by atoms with Crippen molar-refractivity contribution >= 4 is 23.4 Å². The highest BCUT2D eigenvalue weighted by Gasteiger charge is 2.04. The first-order chi connectivity index (χ1) is 10.1. The molecule has 2 rings (SSSR count). The quantitative estimate of drug-likeness (QED) is 0.481. The van der Waals surface area contributed by atoms with E-state index in [0.717, 1.165) is 11.4 Å². The van der Waals surface area contributed by atoms with Crippen molar-refractivity contribution in [1.29, 1.82) is 0 Å². The Balaban J connectivity index is 1.95. The summed E-state index contributed by atoms with van der Waals surface area (Å²) in [5, 5.41) is 0. The Morgan fingerprint density at radius 2 is 1.95 bits per heavy atom. The van der Waals surface area contributed by atoms with Gasteiger partial charge in [0.1, 0.15) is 0 Å². The van der Waals surface area contributed by atoms with Crippen molar-refractivity contribution in [2.45, 2.75) is 6.42 Å². The van der Waals surface area contributed by atoms with Gasteiger partial charge in [0.25, 0.3) is 0 Å². The number of aliphatic imine (C=N–C) groups is 1. The molecule has 0 N–H and O–H groups in total.